The Kier molecular flexibility index (Phi) is 5.26. The number of hydrogen-bond acceptors (Lipinski definition) is 3. The molecule has 4 nitrogen and oxygen atoms in total. The van der Waals surface area contributed by atoms with Gasteiger partial charge < -0.3 is 14.4 Å². The molecule has 0 aliphatic heterocycles. The van der Waals surface area contributed by atoms with E-state index in [4.69, 9.17) is 4.74 Å². The molecule has 1 unspecified atom stereocenters. The van der Waals surface area contributed by atoms with Crippen LogP contribution in [0.15, 0.2) is 36.7 Å². The van der Waals surface area contributed by atoms with Crippen LogP contribution < -0.4 is 0 Å². The number of benzene rings is 1. The van der Waals surface area contributed by atoms with Crippen LogP contribution in [-0.4, -0.2) is 27.4 Å². The molecule has 0 aliphatic carbocycles. The third-order valence-corrected chi connectivity index (χ3v) is 3.05. The lowest BCUT2D eigenvalue weighted by Gasteiger charge is -2.14. The van der Waals surface area contributed by atoms with Gasteiger partial charge in [-0.15, -0.1) is 0 Å². The SMILES string of the molecule is CCc1nccn1CC(O)COCc1ccccc1F. The van der Waals surface area contributed by atoms with E-state index in [0.29, 0.717) is 12.1 Å². The van der Waals surface area contributed by atoms with Gasteiger partial charge >= 0.3 is 0 Å². The van der Waals surface area contributed by atoms with Crippen LogP contribution in [0, 0.1) is 5.82 Å². The van der Waals surface area contributed by atoms with Crippen molar-refractivity contribution in [2.45, 2.75) is 32.6 Å². The van der Waals surface area contributed by atoms with Crippen LogP contribution in [0.3, 0.4) is 0 Å². The fraction of sp³-hybridized carbons (Fsp3) is 0.400. The molecule has 0 radical (unpaired) electrons. The zero-order chi connectivity index (χ0) is 14.4. The number of rotatable bonds is 7. The monoisotopic (exact) mass is 278 g/mol. The van der Waals surface area contributed by atoms with E-state index in [0.717, 1.165) is 12.2 Å². The van der Waals surface area contributed by atoms with E-state index in [1.54, 1.807) is 24.4 Å². The van der Waals surface area contributed by atoms with Crippen LogP contribution in [0.2, 0.25) is 0 Å². The lowest BCUT2D eigenvalue weighted by Crippen LogP contribution is -2.22. The summed E-state index contributed by atoms with van der Waals surface area (Å²) in [5.41, 5.74) is 0.497. The minimum Gasteiger partial charge on any atom is -0.389 e. The predicted molar refractivity (Wildman–Crippen MR) is 73.7 cm³/mol. The number of hydrogen-bond donors (Lipinski definition) is 1. The molecule has 0 saturated heterocycles. The van der Waals surface area contributed by atoms with E-state index in [1.165, 1.54) is 6.07 Å². The molecular weight excluding hydrogens is 259 g/mol. The summed E-state index contributed by atoms with van der Waals surface area (Å²) in [5, 5.41) is 9.92. The summed E-state index contributed by atoms with van der Waals surface area (Å²) in [7, 11) is 0. The van der Waals surface area contributed by atoms with Crippen molar-refractivity contribution in [1.82, 2.24) is 9.55 Å². The Morgan fingerprint density at radius 3 is 2.95 bits per heavy atom. The van der Waals surface area contributed by atoms with Gasteiger partial charge in [-0.1, -0.05) is 25.1 Å². The van der Waals surface area contributed by atoms with Gasteiger partial charge in [0.25, 0.3) is 0 Å². The van der Waals surface area contributed by atoms with Gasteiger partial charge in [0.15, 0.2) is 0 Å². The van der Waals surface area contributed by atoms with Crippen LogP contribution >= 0.6 is 0 Å². The molecule has 1 N–H and O–H groups in total. The van der Waals surface area contributed by atoms with Gasteiger partial charge in [-0.2, -0.15) is 0 Å². The molecule has 1 atom stereocenters. The molecular formula is C15H19FN2O2. The Morgan fingerprint density at radius 2 is 2.20 bits per heavy atom. The van der Waals surface area contributed by atoms with Crippen LogP contribution in [0.5, 0.6) is 0 Å². The van der Waals surface area contributed by atoms with Crippen LogP contribution in [-0.2, 0) is 24.3 Å². The van der Waals surface area contributed by atoms with Crippen molar-refractivity contribution in [3.63, 3.8) is 0 Å². The second-order valence-corrected chi connectivity index (χ2v) is 4.61. The summed E-state index contributed by atoms with van der Waals surface area (Å²) >= 11 is 0. The summed E-state index contributed by atoms with van der Waals surface area (Å²) < 4.78 is 20.6. The second kappa shape index (κ2) is 7.17. The maximum absolute atomic E-state index is 13.4. The average molecular weight is 278 g/mol. The first-order valence-corrected chi connectivity index (χ1v) is 6.70. The van der Waals surface area contributed by atoms with Crippen molar-refractivity contribution >= 4 is 0 Å². The molecule has 108 valence electrons. The zero-order valence-corrected chi connectivity index (χ0v) is 11.5. The van der Waals surface area contributed by atoms with E-state index < -0.39 is 6.10 Å². The van der Waals surface area contributed by atoms with Gasteiger partial charge in [-0.25, -0.2) is 9.37 Å². The average Bonchev–Trinajstić information content (AvgIpc) is 2.88. The molecule has 0 spiro atoms. The topological polar surface area (TPSA) is 47.3 Å². The Labute approximate surface area is 117 Å². The summed E-state index contributed by atoms with van der Waals surface area (Å²) in [4.78, 5) is 4.19. The normalized spacial score (nSPS) is 12.6. The summed E-state index contributed by atoms with van der Waals surface area (Å²) in [6.45, 7) is 2.77. The van der Waals surface area contributed by atoms with E-state index >= 15 is 0 Å². The van der Waals surface area contributed by atoms with Crippen molar-refractivity contribution in [2.75, 3.05) is 6.61 Å². The molecule has 0 fully saturated rings. The number of aromatic nitrogens is 2. The first-order valence-electron chi connectivity index (χ1n) is 6.70. The van der Waals surface area contributed by atoms with Crippen molar-refractivity contribution in [3.8, 4) is 0 Å². The van der Waals surface area contributed by atoms with Gasteiger partial charge in [0, 0.05) is 24.4 Å². The Bertz CT molecular complexity index is 542. The molecule has 1 aromatic carbocycles. The molecule has 20 heavy (non-hydrogen) atoms. The van der Waals surface area contributed by atoms with Crippen LogP contribution in [0.1, 0.15) is 18.3 Å². The van der Waals surface area contributed by atoms with Crippen molar-refractivity contribution in [2.24, 2.45) is 0 Å². The number of imidazole rings is 1. The minimum absolute atomic E-state index is 0.161. The maximum Gasteiger partial charge on any atom is 0.128 e. The quantitative estimate of drug-likeness (QED) is 0.844. The first-order chi connectivity index (χ1) is 9.70. The summed E-state index contributed by atoms with van der Waals surface area (Å²) in [5.74, 6) is 0.642. The highest BCUT2D eigenvalue weighted by molar-refractivity contribution is 5.16. The van der Waals surface area contributed by atoms with Gasteiger partial charge in [-0.3, -0.25) is 0 Å². The third-order valence-electron chi connectivity index (χ3n) is 3.05. The number of nitrogens with zero attached hydrogens (tertiary/aromatic N) is 2. The lowest BCUT2D eigenvalue weighted by molar-refractivity contribution is 0.0191. The van der Waals surface area contributed by atoms with Gasteiger partial charge in [-0.05, 0) is 6.07 Å². The number of halogens is 1. The molecule has 2 rings (SSSR count). The molecule has 0 bridgehead atoms. The van der Waals surface area contributed by atoms with Gasteiger partial charge in [0.2, 0.25) is 0 Å². The van der Waals surface area contributed by atoms with Crippen LogP contribution in [0.4, 0.5) is 4.39 Å². The molecule has 0 amide bonds. The first kappa shape index (κ1) is 14.7. The number of aliphatic hydroxyl groups excluding tert-OH is 1. The molecule has 1 heterocycles. The van der Waals surface area contributed by atoms with E-state index in [9.17, 15) is 9.50 Å². The fourth-order valence-corrected chi connectivity index (χ4v) is 2.02. The Morgan fingerprint density at radius 1 is 1.40 bits per heavy atom. The van der Waals surface area contributed by atoms with Crippen molar-refractivity contribution < 1.29 is 14.2 Å². The van der Waals surface area contributed by atoms with E-state index in [2.05, 4.69) is 4.98 Å². The highest BCUT2D eigenvalue weighted by Gasteiger charge is 2.09. The molecule has 0 saturated carbocycles. The van der Waals surface area contributed by atoms with Crippen LogP contribution in [0.25, 0.3) is 0 Å². The van der Waals surface area contributed by atoms with Gasteiger partial charge in [0.1, 0.15) is 11.6 Å². The largest absolute Gasteiger partial charge is 0.389 e. The fourth-order valence-electron chi connectivity index (χ4n) is 2.02. The Hall–Kier alpha value is -1.72. The Balaban J connectivity index is 1.78. The second-order valence-electron chi connectivity index (χ2n) is 4.61. The van der Waals surface area contributed by atoms with Gasteiger partial charge in [0.05, 0.1) is 25.9 Å². The molecule has 1 aromatic heterocycles. The highest BCUT2D eigenvalue weighted by Crippen LogP contribution is 2.08. The molecule has 2 aromatic rings. The van der Waals surface area contributed by atoms with Crippen molar-refractivity contribution in [1.29, 1.82) is 0 Å². The minimum atomic E-state index is -0.638. The lowest BCUT2D eigenvalue weighted by atomic mass is 10.2. The smallest absolute Gasteiger partial charge is 0.128 e. The third kappa shape index (κ3) is 3.88. The number of aryl methyl sites for hydroxylation is 1. The zero-order valence-electron chi connectivity index (χ0n) is 11.5. The van der Waals surface area contributed by atoms with Crippen molar-refractivity contribution in [3.05, 3.63) is 53.9 Å². The molecule has 0 aliphatic rings. The summed E-state index contributed by atoms with van der Waals surface area (Å²) in [6.07, 6.45) is 3.72. The standard InChI is InChI=1S/C15H19FN2O2/c1-2-15-17-7-8-18(15)9-13(19)11-20-10-12-5-3-4-6-14(12)16/h3-8,13,19H,2,9-11H2,1H3. The number of aliphatic hydroxyl groups is 1. The number of ether oxygens (including phenoxy) is 1. The predicted octanol–water partition coefficient (Wildman–Crippen LogP) is 2.16. The van der Waals surface area contributed by atoms with E-state index in [1.807, 2.05) is 17.7 Å². The summed E-state index contributed by atoms with van der Waals surface area (Å²) in [6, 6.07) is 6.47. The van der Waals surface area contributed by atoms with E-state index in [-0.39, 0.29) is 19.0 Å². The highest BCUT2D eigenvalue weighted by atomic mass is 19.1. The maximum atomic E-state index is 13.4. The molecule has 5 heteroatoms.